The van der Waals surface area contributed by atoms with E-state index in [2.05, 4.69) is 22.2 Å². The van der Waals surface area contributed by atoms with Crippen molar-refractivity contribution in [3.05, 3.63) is 18.2 Å². The third-order valence-electron chi connectivity index (χ3n) is 2.74. The zero-order chi connectivity index (χ0) is 9.10. The Labute approximate surface area is 79.0 Å². The Morgan fingerprint density at radius 1 is 1.69 bits per heavy atom. The molecule has 2 rings (SSSR count). The molecule has 1 fully saturated rings. The second-order valence-electron chi connectivity index (χ2n) is 3.81. The quantitative estimate of drug-likeness (QED) is 0.722. The van der Waals surface area contributed by atoms with Crippen molar-refractivity contribution in [1.29, 1.82) is 0 Å². The van der Waals surface area contributed by atoms with Gasteiger partial charge in [0.2, 0.25) is 0 Å². The number of rotatable bonds is 5. The highest BCUT2D eigenvalue weighted by Crippen LogP contribution is 2.33. The van der Waals surface area contributed by atoms with Crippen LogP contribution in [0.2, 0.25) is 0 Å². The van der Waals surface area contributed by atoms with E-state index < -0.39 is 0 Å². The number of aromatic amines is 1. The summed E-state index contributed by atoms with van der Waals surface area (Å²) in [4.78, 5) is 7.09. The minimum absolute atomic E-state index is 0.711. The molecule has 0 aromatic carbocycles. The maximum absolute atomic E-state index is 3.99. The van der Waals surface area contributed by atoms with E-state index in [1.54, 1.807) is 6.33 Å². The Hall–Kier alpha value is -0.830. The summed E-state index contributed by atoms with van der Waals surface area (Å²) in [5.41, 5.74) is 1.18. The molecule has 0 saturated heterocycles. The molecule has 3 nitrogen and oxygen atoms in total. The largest absolute Gasteiger partial charge is 0.347 e. The van der Waals surface area contributed by atoms with E-state index in [4.69, 9.17) is 0 Å². The van der Waals surface area contributed by atoms with E-state index in [9.17, 15) is 0 Å². The fourth-order valence-electron chi connectivity index (χ4n) is 1.77. The SMILES string of the molecule is CCC(NCc1cnc[nH]1)C1CC1. The highest BCUT2D eigenvalue weighted by molar-refractivity contribution is 4.95. The van der Waals surface area contributed by atoms with Crippen LogP contribution in [0.25, 0.3) is 0 Å². The molecular formula is C10H17N3. The van der Waals surface area contributed by atoms with Gasteiger partial charge in [-0.2, -0.15) is 0 Å². The Morgan fingerprint density at radius 3 is 3.08 bits per heavy atom. The fourth-order valence-corrected chi connectivity index (χ4v) is 1.77. The van der Waals surface area contributed by atoms with Crippen LogP contribution in [0.15, 0.2) is 12.5 Å². The van der Waals surface area contributed by atoms with Crippen molar-refractivity contribution in [2.75, 3.05) is 0 Å². The summed E-state index contributed by atoms with van der Waals surface area (Å²) in [5.74, 6) is 0.938. The summed E-state index contributed by atoms with van der Waals surface area (Å²) in [6.45, 7) is 3.18. The lowest BCUT2D eigenvalue weighted by atomic mass is 10.1. The van der Waals surface area contributed by atoms with Gasteiger partial charge in [0.15, 0.2) is 0 Å². The van der Waals surface area contributed by atoms with E-state index >= 15 is 0 Å². The maximum atomic E-state index is 3.99. The highest BCUT2D eigenvalue weighted by Gasteiger charge is 2.29. The summed E-state index contributed by atoms with van der Waals surface area (Å²) < 4.78 is 0. The molecule has 2 N–H and O–H groups in total. The standard InChI is InChI=1S/C10H17N3/c1-2-10(8-3-4-8)12-6-9-5-11-7-13-9/h5,7-8,10,12H,2-4,6H2,1H3,(H,11,13). The van der Waals surface area contributed by atoms with Crippen molar-refractivity contribution in [1.82, 2.24) is 15.3 Å². The molecule has 0 amide bonds. The Bertz CT molecular complexity index is 239. The lowest BCUT2D eigenvalue weighted by Crippen LogP contribution is -2.29. The highest BCUT2D eigenvalue weighted by atomic mass is 15.0. The fraction of sp³-hybridized carbons (Fsp3) is 0.700. The first kappa shape index (κ1) is 8.75. The Balaban J connectivity index is 1.77. The van der Waals surface area contributed by atoms with Gasteiger partial charge in [0.25, 0.3) is 0 Å². The number of hydrogen-bond acceptors (Lipinski definition) is 2. The third kappa shape index (κ3) is 2.31. The van der Waals surface area contributed by atoms with Crippen molar-refractivity contribution < 1.29 is 0 Å². The average Bonchev–Trinajstić information content (AvgIpc) is 2.84. The van der Waals surface area contributed by atoms with Gasteiger partial charge in [-0.3, -0.25) is 0 Å². The van der Waals surface area contributed by atoms with Crippen LogP contribution >= 0.6 is 0 Å². The first-order chi connectivity index (χ1) is 6.40. The van der Waals surface area contributed by atoms with Gasteiger partial charge in [-0.25, -0.2) is 4.98 Å². The number of imidazole rings is 1. The zero-order valence-corrected chi connectivity index (χ0v) is 8.09. The van der Waals surface area contributed by atoms with Gasteiger partial charge in [0.1, 0.15) is 0 Å². The molecule has 1 aliphatic carbocycles. The monoisotopic (exact) mass is 179 g/mol. The molecule has 0 aliphatic heterocycles. The first-order valence-corrected chi connectivity index (χ1v) is 5.10. The Morgan fingerprint density at radius 2 is 2.54 bits per heavy atom. The summed E-state index contributed by atoms with van der Waals surface area (Å²) in [6.07, 6.45) is 7.67. The van der Waals surface area contributed by atoms with Crippen molar-refractivity contribution in [2.45, 2.75) is 38.8 Å². The van der Waals surface area contributed by atoms with Gasteiger partial charge < -0.3 is 10.3 Å². The molecule has 1 saturated carbocycles. The van der Waals surface area contributed by atoms with E-state index in [0.29, 0.717) is 6.04 Å². The minimum atomic E-state index is 0.711. The third-order valence-corrected chi connectivity index (χ3v) is 2.74. The van der Waals surface area contributed by atoms with E-state index in [1.807, 2.05) is 6.20 Å². The molecule has 1 aromatic rings. The predicted octanol–water partition coefficient (Wildman–Crippen LogP) is 1.69. The van der Waals surface area contributed by atoms with Crippen molar-refractivity contribution >= 4 is 0 Å². The van der Waals surface area contributed by atoms with Gasteiger partial charge in [0.05, 0.1) is 6.33 Å². The number of H-pyrrole nitrogens is 1. The second-order valence-corrected chi connectivity index (χ2v) is 3.81. The summed E-state index contributed by atoms with van der Waals surface area (Å²) in [5, 5.41) is 3.56. The molecule has 1 heterocycles. The summed E-state index contributed by atoms with van der Waals surface area (Å²) >= 11 is 0. The van der Waals surface area contributed by atoms with Crippen LogP contribution in [-0.4, -0.2) is 16.0 Å². The van der Waals surface area contributed by atoms with Crippen LogP contribution in [0, 0.1) is 5.92 Å². The minimum Gasteiger partial charge on any atom is -0.347 e. The van der Waals surface area contributed by atoms with Crippen LogP contribution < -0.4 is 5.32 Å². The van der Waals surface area contributed by atoms with Crippen LogP contribution in [0.5, 0.6) is 0 Å². The van der Waals surface area contributed by atoms with Gasteiger partial charge in [-0.1, -0.05) is 6.92 Å². The molecule has 1 atom stereocenters. The van der Waals surface area contributed by atoms with Crippen molar-refractivity contribution in [2.24, 2.45) is 5.92 Å². The van der Waals surface area contributed by atoms with Crippen molar-refractivity contribution in [3.8, 4) is 0 Å². The molecule has 0 spiro atoms. The van der Waals surface area contributed by atoms with Crippen LogP contribution in [0.4, 0.5) is 0 Å². The number of nitrogens with one attached hydrogen (secondary N) is 2. The lowest BCUT2D eigenvalue weighted by Gasteiger charge is -2.14. The summed E-state index contributed by atoms with van der Waals surface area (Å²) in [7, 11) is 0. The molecule has 0 bridgehead atoms. The molecule has 0 radical (unpaired) electrons. The topological polar surface area (TPSA) is 40.7 Å². The summed E-state index contributed by atoms with van der Waals surface area (Å²) in [6, 6.07) is 0.711. The lowest BCUT2D eigenvalue weighted by molar-refractivity contribution is 0.446. The predicted molar refractivity (Wildman–Crippen MR) is 52.2 cm³/mol. The van der Waals surface area contributed by atoms with E-state index in [-0.39, 0.29) is 0 Å². The van der Waals surface area contributed by atoms with Gasteiger partial charge in [0, 0.05) is 24.5 Å². The van der Waals surface area contributed by atoms with Crippen LogP contribution in [0.3, 0.4) is 0 Å². The van der Waals surface area contributed by atoms with Gasteiger partial charge >= 0.3 is 0 Å². The van der Waals surface area contributed by atoms with Crippen LogP contribution in [0.1, 0.15) is 31.9 Å². The van der Waals surface area contributed by atoms with Crippen molar-refractivity contribution in [3.63, 3.8) is 0 Å². The average molecular weight is 179 g/mol. The van der Waals surface area contributed by atoms with Gasteiger partial charge in [-0.15, -0.1) is 0 Å². The normalized spacial score (nSPS) is 18.8. The zero-order valence-electron chi connectivity index (χ0n) is 8.09. The number of nitrogens with zero attached hydrogens (tertiary/aromatic N) is 1. The smallest absolute Gasteiger partial charge is 0.0922 e. The molecule has 13 heavy (non-hydrogen) atoms. The van der Waals surface area contributed by atoms with Crippen LogP contribution in [-0.2, 0) is 6.54 Å². The molecule has 72 valence electrons. The molecule has 1 unspecified atom stereocenters. The second kappa shape index (κ2) is 3.92. The number of aromatic nitrogens is 2. The maximum Gasteiger partial charge on any atom is 0.0922 e. The van der Waals surface area contributed by atoms with E-state index in [1.165, 1.54) is 25.0 Å². The van der Waals surface area contributed by atoms with E-state index in [0.717, 1.165) is 12.5 Å². The molecular weight excluding hydrogens is 162 g/mol. The molecule has 1 aromatic heterocycles. The number of hydrogen-bond donors (Lipinski definition) is 2. The Kier molecular flexibility index (Phi) is 2.64. The molecule has 3 heteroatoms. The first-order valence-electron chi connectivity index (χ1n) is 5.10. The molecule has 1 aliphatic rings. The van der Waals surface area contributed by atoms with Gasteiger partial charge in [-0.05, 0) is 25.2 Å².